The number of hydrogen-bond donors (Lipinski definition) is 3. The number of carbonyl (C=O) groups excluding carboxylic acids is 6. The zero-order chi connectivity index (χ0) is 25.1. The summed E-state index contributed by atoms with van der Waals surface area (Å²) < 4.78 is 0. The van der Waals surface area contributed by atoms with Crippen molar-refractivity contribution in [1.29, 1.82) is 0 Å². The maximum atomic E-state index is 12.2. The number of nitrogens with zero attached hydrogens (tertiary/aromatic N) is 2. The molecule has 0 spiro atoms. The summed E-state index contributed by atoms with van der Waals surface area (Å²) >= 11 is 0. The van der Waals surface area contributed by atoms with Gasteiger partial charge in [-0.15, -0.1) is 5.06 Å². The van der Waals surface area contributed by atoms with E-state index in [2.05, 4.69) is 34.7 Å². The van der Waals surface area contributed by atoms with Crippen LogP contribution in [-0.4, -0.2) is 83.7 Å². The smallest absolute Gasteiger partial charge is 0.334 e. The summed E-state index contributed by atoms with van der Waals surface area (Å²) in [4.78, 5) is 77.2. The van der Waals surface area contributed by atoms with Crippen LogP contribution in [0, 0.1) is 0 Å². The molecule has 0 saturated carbocycles. The number of likely N-dealkylation sites (tertiary alicyclic amines) is 1. The molecule has 5 amide bonds. The van der Waals surface area contributed by atoms with Crippen molar-refractivity contribution in [3.63, 3.8) is 0 Å². The van der Waals surface area contributed by atoms with Crippen molar-refractivity contribution < 1.29 is 33.6 Å². The molecule has 2 heterocycles. The maximum absolute atomic E-state index is 12.2. The van der Waals surface area contributed by atoms with E-state index in [0.717, 1.165) is 12.8 Å². The van der Waals surface area contributed by atoms with E-state index >= 15 is 0 Å². The first-order chi connectivity index (χ1) is 16.2. The van der Waals surface area contributed by atoms with Crippen molar-refractivity contribution in [3.05, 3.63) is 0 Å². The van der Waals surface area contributed by atoms with Gasteiger partial charge < -0.3 is 20.8 Å². The lowest BCUT2D eigenvalue weighted by Gasteiger charge is -2.38. The van der Waals surface area contributed by atoms with Crippen LogP contribution >= 0.6 is 0 Å². The molecule has 190 valence electrons. The van der Waals surface area contributed by atoms with E-state index in [9.17, 15) is 28.8 Å². The highest BCUT2D eigenvalue weighted by atomic mass is 16.7. The molecule has 12 heteroatoms. The van der Waals surface area contributed by atoms with Gasteiger partial charge in [0.25, 0.3) is 11.8 Å². The zero-order valence-corrected chi connectivity index (χ0v) is 19.9. The summed E-state index contributed by atoms with van der Waals surface area (Å²) in [5.74, 6) is -2.70. The van der Waals surface area contributed by atoms with E-state index in [1.165, 1.54) is 6.42 Å². The number of imide groups is 1. The van der Waals surface area contributed by atoms with Crippen molar-refractivity contribution in [2.24, 2.45) is 0 Å². The number of rotatable bonds is 12. The van der Waals surface area contributed by atoms with Gasteiger partial charge in [0, 0.05) is 57.4 Å². The Kier molecular flexibility index (Phi) is 10.9. The molecule has 12 nitrogen and oxygen atoms in total. The van der Waals surface area contributed by atoms with E-state index in [1.807, 2.05) is 0 Å². The van der Waals surface area contributed by atoms with Crippen molar-refractivity contribution in [1.82, 2.24) is 25.9 Å². The largest absolute Gasteiger partial charge is 0.356 e. The van der Waals surface area contributed by atoms with Crippen molar-refractivity contribution in [2.75, 3.05) is 26.2 Å². The molecule has 0 aliphatic carbocycles. The van der Waals surface area contributed by atoms with Crippen LogP contribution in [0.25, 0.3) is 0 Å². The highest BCUT2D eigenvalue weighted by molar-refractivity contribution is 6.01. The lowest BCUT2D eigenvalue weighted by Crippen LogP contribution is -2.49. The van der Waals surface area contributed by atoms with Crippen molar-refractivity contribution in [2.45, 2.75) is 77.3 Å². The van der Waals surface area contributed by atoms with Crippen molar-refractivity contribution >= 4 is 35.5 Å². The van der Waals surface area contributed by atoms with E-state index in [1.54, 1.807) is 0 Å². The number of hydroxylamine groups is 2. The zero-order valence-electron chi connectivity index (χ0n) is 19.9. The van der Waals surface area contributed by atoms with Gasteiger partial charge in [0.2, 0.25) is 17.7 Å². The minimum absolute atomic E-state index is 0.0120. The lowest BCUT2D eigenvalue weighted by atomic mass is 9.98. The van der Waals surface area contributed by atoms with Gasteiger partial charge >= 0.3 is 5.97 Å². The highest BCUT2D eigenvalue weighted by Crippen LogP contribution is 2.21. The fourth-order valence-corrected chi connectivity index (χ4v) is 3.93. The Balaban J connectivity index is 1.49. The van der Waals surface area contributed by atoms with Gasteiger partial charge in [-0.05, 0) is 26.7 Å². The van der Waals surface area contributed by atoms with E-state index in [4.69, 9.17) is 4.84 Å². The maximum Gasteiger partial charge on any atom is 0.334 e. The number of amides is 5. The van der Waals surface area contributed by atoms with Gasteiger partial charge in [0.15, 0.2) is 0 Å². The van der Waals surface area contributed by atoms with Gasteiger partial charge in [0.1, 0.15) is 0 Å². The fraction of sp³-hybridized carbons (Fsp3) is 0.727. The van der Waals surface area contributed by atoms with Gasteiger partial charge in [0.05, 0.1) is 13.0 Å². The molecule has 0 aromatic carbocycles. The Labute approximate surface area is 199 Å². The summed E-state index contributed by atoms with van der Waals surface area (Å²) in [5, 5.41) is 8.32. The standard InChI is InChI=1S/C22H35N5O7/c1-15-4-3-5-16(2)26(15)14-19(30)25-12-9-17(28)23-11-8-18(29)24-13-10-22(33)34-27-20(31)6-7-21(27)32/h15-16H,3-14H2,1-2H3,(H,23,28)(H,24,29)(H,25,30)/i9+1,12+1,23+1,25+1. The summed E-state index contributed by atoms with van der Waals surface area (Å²) in [6, 6.07) is 0.737. The van der Waals surface area contributed by atoms with E-state index in [0.29, 0.717) is 23.7 Å². The third kappa shape index (κ3) is 9.08. The molecule has 0 aromatic rings. The fourth-order valence-electron chi connectivity index (χ4n) is 3.93. The minimum atomic E-state index is -0.802. The highest BCUT2D eigenvalue weighted by Gasteiger charge is 2.32. The molecule has 2 aliphatic heterocycles. The summed E-state index contributed by atoms with van der Waals surface area (Å²) in [7, 11) is 0. The Bertz CT molecular complexity index is 762. The van der Waals surface area contributed by atoms with Gasteiger partial charge in [-0.2, -0.15) is 0 Å². The molecular formula is C22H35N5O7. The van der Waals surface area contributed by atoms with Gasteiger partial charge in [-0.25, -0.2) is 4.79 Å². The topological polar surface area (TPSA) is 154 Å². The van der Waals surface area contributed by atoms with Crippen LogP contribution in [-0.2, 0) is 33.6 Å². The first kappa shape index (κ1) is 27.2. The predicted octanol–water partition coefficient (Wildman–Crippen LogP) is -0.625. The van der Waals surface area contributed by atoms with Crippen LogP contribution < -0.4 is 16.0 Å². The second kappa shape index (κ2) is 13.6. The Morgan fingerprint density at radius 2 is 1.26 bits per heavy atom. The third-order valence-corrected chi connectivity index (χ3v) is 5.90. The minimum Gasteiger partial charge on any atom is -0.356 e. The molecule has 2 fully saturated rings. The first-order valence-electron chi connectivity index (χ1n) is 11.8. The lowest BCUT2D eigenvalue weighted by molar-refractivity contribution is -0.197. The molecule has 2 saturated heterocycles. The van der Waals surface area contributed by atoms with E-state index < -0.39 is 17.8 Å². The molecule has 0 aromatic heterocycles. The second-order valence-corrected chi connectivity index (χ2v) is 8.65. The van der Waals surface area contributed by atoms with Crippen molar-refractivity contribution in [3.8, 4) is 0 Å². The second-order valence-electron chi connectivity index (χ2n) is 8.65. The number of piperidine rings is 1. The molecule has 3 N–H and O–H groups in total. The SMILES string of the molecule is CC1CCCC(C)N1CC(=O)[15NH][13CH2][13CH2]C(=O)[15NH]CCC(=O)NCCC(=O)ON1C(=O)CCC1=O. The molecule has 2 aliphatic rings. The average molecular weight is 486 g/mol. The summed E-state index contributed by atoms with van der Waals surface area (Å²) in [5.41, 5.74) is 0. The number of nitrogens with one attached hydrogen (secondary N) is 3. The molecule has 0 radical (unpaired) electrons. The monoisotopic (exact) mass is 485 g/mol. The van der Waals surface area contributed by atoms with Crippen LogP contribution in [0.1, 0.15) is 65.2 Å². The van der Waals surface area contributed by atoms with Crippen LogP contribution in [0.2, 0.25) is 0 Å². The van der Waals surface area contributed by atoms with Crippen LogP contribution in [0.5, 0.6) is 0 Å². The normalized spacial score (nSPS) is 20.7. The molecule has 34 heavy (non-hydrogen) atoms. The molecule has 2 atom stereocenters. The van der Waals surface area contributed by atoms with Crippen LogP contribution in [0.3, 0.4) is 0 Å². The molecular weight excluding hydrogens is 450 g/mol. The summed E-state index contributed by atoms with van der Waals surface area (Å²) in [6.45, 7) is 4.87. The number of hydrogen-bond acceptors (Lipinski definition) is 8. The third-order valence-electron chi connectivity index (χ3n) is 5.90. The average Bonchev–Trinajstić information content (AvgIpc) is 3.08. The van der Waals surface area contributed by atoms with Crippen LogP contribution in [0.4, 0.5) is 0 Å². The van der Waals surface area contributed by atoms with Gasteiger partial charge in [-0.1, -0.05) is 6.42 Å². The quantitative estimate of drug-likeness (QED) is 0.188. The Hall–Kier alpha value is -3.02. The Morgan fingerprint density at radius 1 is 0.794 bits per heavy atom. The predicted molar refractivity (Wildman–Crippen MR) is 120 cm³/mol. The molecule has 2 rings (SSSR count). The molecule has 0 bridgehead atoms. The van der Waals surface area contributed by atoms with Gasteiger partial charge in [-0.3, -0.25) is 28.9 Å². The summed E-state index contributed by atoms with van der Waals surface area (Å²) in [6.07, 6.45) is 3.28. The number of carbonyl (C=O) groups is 6. The van der Waals surface area contributed by atoms with Crippen LogP contribution in [0.15, 0.2) is 0 Å². The van der Waals surface area contributed by atoms with E-state index in [-0.39, 0.29) is 69.5 Å². The first-order valence-corrected chi connectivity index (χ1v) is 11.8. The Morgan fingerprint density at radius 3 is 1.79 bits per heavy atom. The molecule has 2 unspecified atom stereocenters.